The molecule has 108 valence electrons. The molecule has 0 aliphatic carbocycles. The van der Waals surface area contributed by atoms with Crippen LogP contribution in [0.3, 0.4) is 0 Å². The van der Waals surface area contributed by atoms with Crippen LogP contribution in [0.1, 0.15) is 19.8 Å². The van der Waals surface area contributed by atoms with Crippen molar-refractivity contribution >= 4 is 17.3 Å². The number of aryl methyl sites for hydroxylation is 1. The zero-order chi connectivity index (χ0) is 14.4. The molecule has 7 heteroatoms. The molecular formula is C13H18ClN5O. The van der Waals surface area contributed by atoms with Crippen molar-refractivity contribution in [1.82, 2.24) is 19.3 Å². The van der Waals surface area contributed by atoms with E-state index in [-0.39, 0.29) is 10.6 Å². The average Bonchev–Trinajstić information content (AvgIpc) is 2.96. The Hall–Kier alpha value is -1.82. The highest BCUT2D eigenvalue weighted by molar-refractivity contribution is 6.32. The molecule has 0 aliphatic rings. The first-order chi connectivity index (χ1) is 9.72. The minimum Gasteiger partial charge on any atom is -0.381 e. The van der Waals surface area contributed by atoms with Gasteiger partial charge in [-0.3, -0.25) is 4.79 Å². The molecule has 2 aromatic heterocycles. The Morgan fingerprint density at radius 1 is 1.40 bits per heavy atom. The van der Waals surface area contributed by atoms with Crippen LogP contribution in [0, 0.1) is 0 Å². The highest BCUT2D eigenvalue weighted by atomic mass is 35.5. The lowest BCUT2D eigenvalue weighted by molar-refractivity contribution is 0.543. The summed E-state index contributed by atoms with van der Waals surface area (Å²) < 4.78 is 3.35. The van der Waals surface area contributed by atoms with Crippen LogP contribution in [0.2, 0.25) is 5.02 Å². The topological polar surface area (TPSA) is 64.7 Å². The Morgan fingerprint density at radius 3 is 2.95 bits per heavy atom. The maximum absolute atomic E-state index is 12.0. The van der Waals surface area contributed by atoms with Gasteiger partial charge in [-0.2, -0.15) is 5.10 Å². The number of aromatic nitrogens is 4. The number of unbranched alkanes of at least 4 members (excludes halogenated alkanes) is 1. The molecule has 0 saturated heterocycles. The summed E-state index contributed by atoms with van der Waals surface area (Å²) in [5.41, 5.74) is 0.331. The second-order valence-electron chi connectivity index (χ2n) is 4.48. The van der Waals surface area contributed by atoms with Crippen LogP contribution in [0.5, 0.6) is 0 Å². The van der Waals surface area contributed by atoms with Crippen molar-refractivity contribution in [3.8, 4) is 0 Å². The van der Waals surface area contributed by atoms with Crippen molar-refractivity contribution in [1.29, 1.82) is 0 Å². The predicted octanol–water partition coefficient (Wildman–Crippen LogP) is 2.01. The van der Waals surface area contributed by atoms with Crippen LogP contribution in [0.15, 0.2) is 29.7 Å². The van der Waals surface area contributed by atoms with Gasteiger partial charge in [-0.25, -0.2) is 9.67 Å². The predicted molar refractivity (Wildman–Crippen MR) is 79.1 cm³/mol. The van der Waals surface area contributed by atoms with Gasteiger partial charge in [0, 0.05) is 32.0 Å². The number of nitrogens with zero attached hydrogens (tertiary/aromatic N) is 4. The number of nitrogens with one attached hydrogen (secondary N) is 1. The van der Waals surface area contributed by atoms with Crippen LogP contribution < -0.4 is 10.9 Å². The van der Waals surface area contributed by atoms with Crippen molar-refractivity contribution in [2.24, 2.45) is 0 Å². The van der Waals surface area contributed by atoms with E-state index in [0.29, 0.717) is 18.8 Å². The maximum Gasteiger partial charge on any atom is 0.287 e. The fraction of sp³-hybridized carbons (Fsp3) is 0.462. The molecule has 0 spiro atoms. The van der Waals surface area contributed by atoms with Gasteiger partial charge in [-0.05, 0) is 6.42 Å². The summed E-state index contributed by atoms with van der Waals surface area (Å²) in [5, 5.41) is 7.45. The molecule has 0 aromatic carbocycles. The first-order valence-corrected chi connectivity index (χ1v) is 7.05. The van der Waals surface area contributed by atoms with E-state index in [4.69, 9.17) is 11.6 Å². The summed E-state index contributed by atoms with van der Waals surface area (Å²) >= 11 is 6.08. The van der Waals surface area contributed by atoms with E-state index in [2.05, 4.69) is 22.3 Å². The minimum absolute atomic E-state index is 0.196. The Kier molecular flexibility index (Phi) is 5.17. The molecule has 2 aromatic rings. The second kappa shape index (κ2) is 7.09. The number of rotatable bonds is 7. The molecule has 0 saturated carbocycles. The standard InChI is InChI=1S/C13H18ClN5O/c1-2-3-6-19-13(20)12(14)11(9-17-19)16-5-8-18-7-4-15-10-18/h4,7,9-10,16H,2-3,5-6,8H2,1H3. The molecule has 0 aliphatic heterocycles. The minimum atomic E-state index is -0.243. The lowest BCUT2D eigenvalue weighted by atomic mass is 10.3. The zero-order valence-corrected chi connectivity index (χ0v) is 12.2. The number of hydrogen-bond donors (Lipinski definition) is 1. The second-order valence-corrected chi connectivity index (χ2v) is 4.86. The Bertz CT molecular complexity index is 593. The third-order valence-corrected chi connectivity index (χ3v) is 3.32. The van der Waals surface area contributed by atoms with E-state index in [9.17, 15) is 4.79 Å². The van der Waals surface area contributed by atoms with E-state index in [1.54, 1.807) is 18.7 Å². The summed E-state index contributed by atoms with van der Waals surface area (Å²) in [4.78, 5) is 16.0. The third-order valence-electron chi connectivity index (χ3n) is 2.95. The van der Waals surface area contributed by atoms with Gasteiger partial charge in [0.15, 0.2) is 0 Å². The van der Waals surface area contributed by atoms with Gasteiger partial charge in [-0.15, -0.1) is 0 Å². The van der Waals surface area contributed by atoms with Crippen LogP contribution in [-0.2, 0) is 13.1 Å². The molecule has 20 heavy (non-hydrogen) atoms. The Balaban J connectivity index is 1.98. The van der Waals surface area contributed by atoms with Crippen molar-refractivity contribution in [3.63, 3.8) is 0 Å². The van der Waals surface area contributed by atoms with Gasteiger partial charge in [0.2, 0.25) is 0 Å². The maximum atomic E-state index is 12.0. The summed E-state index contributed by atoms with van der Waals surface area (Å²) in [6.07, 6.45) is 8.87. The summed E-state index contributed by atoms with van der Waals surface area (Å²) in [5.74, 6) is 0. The Labute approximate surface area is 122 Å². The molecule has 0 unspecified atom stereocenters. The SMILES string of the molecule is CCCCn1ncc(NCCn2ccnc2)c(Cl)c1=O. The molecule has 0 atom stereocenters. The molecule has 6 nitrogen and oxygen atoms in total. The largest absolute Gasteiger partial charge is 0.381 e. The van der Waals surface area contributed by atoms with Gasteiger partial charge in [0.1, 0.15) is 5.02 Å². The lowest BCUT2D eigenvalue weighted by Crippen LogP contribution is -2.24. The van der Waals surface area contributed by atoms with E-state index in [1.165, 1.54) is 4.68 Å². The van der Waals surface area contributed by atoms with Crippen molar-refractivity contribution < 1.29 is 0 Å². The van der Waals surface area contributed by atoms with Crippen molar-refractivity contribution in [2.75, 3.05) is 11.9 Å². The van der Waals surface area contributed by atoms with Crippen molar-refractivity contribution in [3.05, 3.63) is 40.3 Å². The monoisotopic (exact) mass is 295 g/mol. The molecule has 2 heterocycles. The molecule has 0 amide bonds. The zero-order valence-electron chi connectivity index (χ0n) is 11.4. The quantitative estimate of drug-likeness (QED) is 0.848. The summed E-state index contributed by atoms with van der Waals surface area (Å²) in [7, 11) is 0. The fourth-order valence-electron chi connectivity index (χ4n) is 1.79. The third kappa shape index (κ3) is 3.60. The number of imidazole rings is 1. The van der Waals surface area contributed by atoms with Gasteiger partial charge in [0.05, 0.1) is 18.2 Å². The van der Waals surface area contributed by atoms with E-state index < -0.39 is 0 Å². The van der Waals surface area contributed by atoms with Gasteiger partial charge < -0.3 is 9.88 Å². The fourth-order valence-corrected chi connectivity index (χ4v) is 2.01. The Morgan fingerprint density at radius 2 is 2.25 bits per heavy atom. The van der Waals surface area contributed by atoms with E-state index >= 15 is 0 Å². The number of halogens is 1. The molecule has 0 fully saturated rings. The summed E-state index contributed by atoms with van der Waals surface area (Å²) in [6.45, 7) is 4.06. The molecule has 0 radical (unpaired) electrons. The first kappa shape index (κ1) is 14.6. The van der Waals surface area contributed by atoms with E-state index in [0.717, 1.165) is 19.4 Å². The summed E-state index contributed by atoms with van der Waals surface area (Å²) in [6, 6.07) is 0. The normalized spacial score (nSPS) is 10.7. The van der Waals surface area contributed by atoms with Crippen LogP contribution in [0.4, 0.5) is 5.69 Å². The number of hydrogen-bond acceptors (Lipinski definition) is 4. The lowest BCUT2D eigenvalue weighted by Gasteiger charge is -2.10. The highest BCUT2D eigenvalue weighted by Crippen LogP contribution is 2.14. The average molecular weight is 296 g/mol. The van der Waals surface area contributed by atoms with Crippen LogP contribution >= 0.6 is 11.6 Å². The van der Waals surface area contributed by atoms with Crippen LogP contribution in [0.25, 0.3) is 0 Å². The number of anilines is 1. The van der Waals surface area contributed by atoms with Gasteiger partial charge >= 0.3 is 0 Å². The first-order valence-electron chi connectivity index (χ1n) is 6.67. The molecule has 0 bridgehead atoms. The van der Waals surface area contributed by atoms with Gasteiger partial charge in [-0.1, -0.05) is 24.9 Å². The van der Waals surface area contributed by atoms with Crippen LogP contribution in [-0.4, -0.2) is 25.9 Å². The van der Waals surface area contributed by atoms with Crippen molar-refractivity contribution in [2.45, 2.75) is 32.9 Å². The smallest absolute Gasteiger partial charge is 0.287 e. The highest BCUT2D eigenvalue weighted by Gasteiger charge is 2.08. The molecule has 2 rings (SSSR count). The van der Waals surface area contributed by atoms with E-state index in [1.807, 2.05) is 10.8 Å². The molecular weight excluding hydrogens is 278 g/mol. The molecule has 1 N–H and O–H groups in total. The van der Waals surface area contributed by atoms with Gasteiger partial charge in [0.25, 0.3) is 5.56 Å².